The highest BCUT2D eigenvalue weighted by atomic mass is 32.2. The first-order chi connectivity index (χ1) is 15.3. The van der Waals surface area contributed by atoms with Gasteiger partial charge in [0.1, 0.15) is 5.75 Å². The molecule has 0 aliphatic carbocycles. The minimum Gasteiger partial charge on any atom is -0.492 e. The minimum absolute atomic E-state index is 0.0719. The Hall–Kier alpha value is -3.09. The van der Waals surface area contributed by atoms with Gasteiger partial charge in [-0.3, -0.25) is 4.79 Å². The lowest BCUT2D eigenvalue weighted by Gasteiger charge is -2.26. The predicted molar refractivity (Wildman–Crippen MR) is 123 cm³/mol. The Labute approximate surface area is 189 Å². The van der Waals surface area contributed by atoms with Gasteiger partial charge in [0.05, 0.1) is 35.4 Å². The van der Waals surface area contributed by atoms with Crippen molar-refractivity contribution in [1.29, 1.82) is 5.26 Å². The van der Waals surface area contributed by atoms with Crippen molar-refractivity contribution >= 4 is 27.3 Å². The first kappa shape index (κ1) is 23.6. The number of carbonyl (C=O) groups is 1. The van der Waals surface area contributed by atoms with Crippen LogP contribution in [0.4, 0.5) is 11.4 Å². The zero-order chi connectivity index (χ0) is 23.1. The van der Waals surface area contributed by atoms with Gasteiger partial charge in [0, 0.05) is 18.8 Å². The fourth-order valence-electron chi connectivity index (χ4n) is 3.54. The van der Waals surface area contributed by atoms with E-state index < -0.39 is 10.0 Å². The number of carbonyl (C=O) groups excluding carboxylic acids is 1. The second-order valence-electron chi connectivity index (χ2n) is 7.60. The van der Waals surface area contributed by atoms with Crippen molar-refractivity contribution < 1.29 is 17.9 Å². The van der Waals surface area contributed by atoms with E-state index in [-0.39, 0.29) is 17.3 Å². The highest BCUT2D eigenvalue weighted by molar-refractivity contribution is 7.89. The average molecular weight is 457 g/mol. The van der Waals surface area contributed by atoms with E-state index in [1.807, 2.05) is 13.8 Å². The second-order valence-corrected chi connectivity index (χ2v) is 9.54. The van der Waals surface area contributed by atoms with Crippen LogP contribution < -0.4 is 15.4 Å². The Morgan fingerprint density at radius 3 is 2.56 bits per heavy atom. The summed E-state index contributed by atoms with van der Waals surface area (Å²) in [6.45, 7) is 5.07. The number of rotatable bonds is 8. The number of amides is 1. The maximum absolute atomic E-state index is 13.0. The SMILES string of the molecule is CCOc1ccc(C#N)cc1NCC(=O)Nc1cc(S(=O)(=O)N2CCCCC2)ccc1C. The molecule has 0 radical (unpaired) electrons. The van der Waals surface area contributed by atoms with Gasteiger partial charge in [-0.25, -0.2) is 8.42 Å². The van der Waals surface area contributed by atoms with Crippen LogP contribution in [-0.4, -0.2) is 44.9 Å². The number of sulfonamides is 1. The number of ether oxygens (including phenoxy) is 1. The first-order valence-electron chi connectivity index (χ1n) is 10.7. The van der Waals surface area contributed by atoms with Crippen molar-refractivity contribution in [3.8, 4) is 11.8 Å². The predicted octanol–water partition coefficient (Wildman–Crippen LogP) is 3.49. The number of piperidine rings is 1. The van der Waals surface area contributed by atoms with Crippen LogP contribution in [-0.2, 0) is 14.8 Å². The Kier molecular flexibility index (Phi) is 7.72. The molecule has 0 spiro atoms. The summed E-state index contributed by atoms with van der Waals surface area (Å²) >= 11 is 0. The molecule has 2 N–H and O–H groups in total. The molecule has 8 nitrogen and oxygen atoms in total. The summed E-state index contributed by atoms with van der Waals surface area (Å²) in [5.74, 6) is 0.204. The molecule has 32 heavy (non-hydrogen) atoms. The summed E-state index contributed by atoms with van der Waals surface area (Å²) < 4.78 is 33.0. The molecule has 0 saturated carbocycles. The van der Waals surface area contributed by atoms with E-state index in [2.05, 4.69) is 16.7 Å². The quantitative estimate of drug-likeness (QED) is 0.629. The van der Waals surface area contributed by atoms with Gasteiger partial charge in [0.25, 0.3) is 0 Å². The van der Waals surface area contributed by atoms with E-state index in [9.17, 15) is 13.2 Å². The van der Waals surface area contributed by atoms with Crippen molar-refractivity contribution in [1.82, 2.24) is 4.31 Å². The Balaban J connectivity index is 1.72. The minimum atomic E-state index is -3.59. The van der Waals surface area contributed by atoms with Crippen molar-refractivity contribution in [3.63, 3.8) is 0 Å². The summed E-state index contributed by atoms with van der Waals surface area (Å²) in [6.07, 6.45) is 2.75. The lowest BCUT2D eigenvalue weighted by atomic mass is 10.2. The Morgan fingerprint density at radius 1 is 1.12 bits per heavy atom. The number of benzene rings is 2. The first-order valence-corrected chi connectivity index (χ1v) is 12.1. The van der Waals surface area contributed by atoms with Gasteiger partial charge in [-0.15, -0.1) is 0 Å². The third-order valence-corrected chi connectivity index (χ3v) is 7.18. The topological polar surface area (TPSA) is 112 Å². The highest BCUT2D eigenvalue weighted by Gasteiger charge is 2.26. The zero-order valence-electron chi connectivity index (χ0n) is 18.3. The highest BCUT2D eigenvalue weighted by Crippen LogP contribution is 2.27. The molecule has 1 amide bonds. The molecular weight excluding hydrogens is 428 g/mol. The third kappa shape index (κ3) is 5.58. The number of nitrogens with one attached hydrogen (secondary N) is 2. The molecule has 0 unspecified atom stereocenters. The van der Waals surface area contributed by atoms with Gasteiger partial charge >= 0.3 is 0 Å². The van der Waals surface area contributed by atoms with Crippen LogP contribution in [0.2, 0.25) is 0 Å². The van der Waals surface area contributed by atoms with Crippen LogP contribution in [0.1, 0.15) is 37.3 Å². The fourth-order valence-corrected chi connectivity index (χ4v) is 5.08. The summed E-state index contributed by atoms with van der Waals surface area (Å²) in [6, 6.07) is 11.8. The van der Waals surface area contributed by atoms with E-state index in [0.717, 1.165) is 24.8 Å². The molecule has 2 aromatic rings. The van der Waals surface area contributed by atoms with Gasteiger partial charge < -0.3 is 15.4 Å². The normalized spacial score (nSPS) is 14.4. The average Bonchev–Trinajstić information content (AvgIpc) is 2.80. The summed E-state index contributed by atoms with van der Waals surface area (Å²) in [4.78, 5) is 12.8. The molecule has 0 bridgehead atoms. The van der Waals surface area contributed by atoms with Gasteiger partial charge in [-0.05, 0) is 62.6 Å². The third-order valence-electron chi connectivity index (χ3n) is 5.28. The standard InChI is InChI=1S/C23H28N4O4S/c1-3-31-22-10-8-18(15-24)13-21(22)25-16-23(28)26-20-14-19(9-7-17(20)2)32(29,30)27-11-5-4-6-12-27/h7-10,13-14,25H,3-6,11-12,16H2,1-2H3,(H,26,28). The number of aryl methyl sites for hydroxylation is 1. The smallest absolute Gasteiger partial charge is 0.243 e. The number of nitrogens with zero attached hydrogens (tertiary/aromatic N) is 2. The lowest BCUT2D eigenvalue weighted by Crippen LogP contribution is -2.35. The van der Waals surface area contributed by atoms with E-state index in [4.69, 9.17) is 10.00 Å². The van der Waals surface area contributed by atoms with E-state index in [1.54, 1.807) is 30.3 Å². The summed E-state index contributed by atoms with van der Waals surface area (Å²) in [7, 11) is -3.59. The summed E-state index contributed by atoms with van der Waals surface area (Å²) in [5, 5.41) is 14.9. The molecule has 170 valence electrons. The molecule has 0 aromatic heterocycles. The second kappa shape index (κ2) is 10.5. The van der Waals surface area contributed by atoms with Gasteiger partial charge in [-0.2, -0.15) is 9.57 Å². The molecule has 9 heteroatoms. The number of nitriles is 1. The van der Waals surface area contributed by atoms with Crippen LogP contribution in [0.25, 0.3) is 0 Å². The largest absolute Gasteiger partial charge is 0.492 e. The number of hydrogen-bond acceptors (Lipinski definition) is 6. The van der Waals surface area contributed by atoms with Gasteiger partial charge in [0.15, 0.2) is 0 Å². The maximum Gasteiger partial charge on any atom is 0.243 e. The molecule has 1 fully saturated rings. The van der Waals surface area contributed by atoms with E-state index in [1.165, 1.54) is 10.4 Å². The fraction of sp³-hybridized carbons (Fsp3) is 0.391. The molecular formula is C23H28N4O4S. The molecule has 3 rings (SSSR count). The van der Waals surface area contributed by atoms with Crippen LogP contribution in [0, 0.1) is 18.3 Å². The van der Waals surface area contributed by atoms with E-state index >= 15 is 0 Å². The zero-order valence-corrected chi connectivity index (χ0v) is 19.2. The van der Waals surface area contributed by atoms with Crippen LogP contribution >= 0.6 is 0 Å². The molecule has 1 aliphatic heterocycles. The molecule has 2 aromatic carbocycles. The van der Waals surface area contributed by atoms with Crippen molar-refractivity contribution in [2.75, 3.05) is 36.9 Å². The Bertz CT molecular complexity index is 1120. The maximum atomic E-state index is 13.0. The summed E-state index contributed by atoms with van der Waals surface area (Å²) in [5.41, 5.74) is 2.20. The number of hydrogen-bond donors (Lipinski definition) is 2. The molecule has 1 aliphatic rings. The van der Waals surface area contributed by atoms with Gasteiger partial charge in [-0.1, -0.05) is 12.5 Å². The van der Waals surface area contributed by atoms with Crippen LogP contribution in [0.3, 0.4) is 0 Å². The molecule has 1 saturated heterocycles. The van der Waals surface area contributed by atoms with Crippen molar-refractivity contribution in [2.24, 2.45) is 0 Å². The monoisotopic (exact) mass is 456 g/mol. The van der Waals surface area contributed by atoms with Gasteiger partial charge in [0.2, 0.25) is 15.9 Å². The molecule has 0 atom stereocenters. The lowest BCUT2D eigenvalue weighted by molar-refractivity contribution is -0.114. The molecule has 1 heterocycles. The van der Waals surface area contributed by atoms with Crippen molar-refractivity contribution in [3.05, 3.63) is 47.5 Å². The Morgan fingerprint density at radius 2 is 1.88 bits per heavy atom. The van der Waals surface area contributed by atoms with Crippen LogP contribution in [0.15, 0.2) is 41.3 Å². The van der Waals surface area contributed by atoms with Crippen molar-refractivity contribution in [2.45, 2.75) is 38.0 Å². The van der Waals surface area contributed by atoms with E-state index in [0.29, 0.717) is 42.4 Å². The van der Waals surface area contributed by atoms with Crippen LogP contribution in [0.5, 0.6) is 5.75 Å². The number of anilines is 2.